The topological polar surface area (TPSA) is 58.6 Å². The molecule has 0 radical (unpaired) electrons. The van der Waals surface area contributed by atoms with E-state index >= 15 is 0 Å². The van der Waals surface area contributed by atoms with Crippen LogP contribution < -0.4 is 5.32 Å². The number of ether oxygens (including phenoxy) is 1. The number of rotatable bonds is 7. The van der Waals surface area contributed by atoms with Gasteiger partial charge in [0.15, 0.2) is 0 Å². The Hall–Kier alpha value is -2.48. The summed E-state index contributed by atoms with van der Waals surface area (Å²) in [6.07, 6.45) is 2.11. The van der Waals surface area contributed by atoms with Gasteiger partial charge in [0.2, 0.25) is 5.91 Å². The third-order valence-electron chi connectivity index (χ3n) is 5.35. The Morgan fingerprint density at radius 1 is 1.10 bits per heavy atom. The Morgan fingerprint density at radius 2 is 1.87 bits per heavy atom. The summed E-state index contributed by atoms with van der Waals surface area (Å²) in [5, 5.41) is 5.75. The van der Waals surface area contributed by atoms with Crippen molar-refractivity contribution < 1.29 is 14.3 Å². The molecular weight excluding hydrogens is 428 g/mol. The second kappa shape index (κ2) is 10.2. The number of hydrogen-bond donors (Lipinski definition) is 1. The summed E-state index contributed by atoms with van der Waals surface area (Å²) in [5.41, 5.74) is 2.58. The Bertz CT molecular complexity index is 1020. The van der Waals surface area contributed by atoms with Crippen LogP contribution in [0.4, 0.5) is 5.00 Å². The van der Waals surface area contributed by atoms with E-state index in [2.05, 4.69) is 16.8 Å². The maximum absolute atomic E-state index is 13.4. The third-order valence-corrected chi connectivity index (χ3v) is 7.55. The first kappa shape index (κ1) is 21.7. The van der Waals surface area contributed by atoms with Crippen molar-refractivity contribution in [3.8, 4) is 10.4 Å². The number of nitrogens with zero attached hydrogens (tertiary/aromatic N) is 1. The third kappa shape index (κ3) is 5.23. The zero-order valence-electron chi connectivity index (χ0n) is 17.6. The zero-order valence-corrected chi connectivity index (χ0v) is 19.2. The van der Waals surface area contributed by atoms with Crippen molar-refractivity contribution in [3.63, 3.8) is 0 Å². The Morgan fingerprint density at radius 3 is 2.58 bits per heavy atom. The van der Waals surface area contributed by atoms with Gasteiger partial charge in [0.1, 0.15) is 5.00 Å². The fraction of sp³-hybridized carbons (Fsp3) is 0.333. The average molecular weight is 455 g/mol. The van der Waals surface area contributed by atoms with E-state index < -0.39 is 0 Å². The van der Waals surface area contributed by atoms with Crippen molar-refractivity contribution in [1.29, 1.82) is 0 Å². The number of morpholine rings is 1. The van der Waals surface area contributed by atoms with Gasteiger partial charge in [-0.3, -0.25) is 9.59 Å². The molecular formula is C24H26N2O3S2. The van der Waals surface area contributed by atoms with Crippen LogP contribution in [0.3, 0.4) is 0 Å². The molecule has 0 spiro atoms. The maximum Gasteiger partial charge on any atom is 0.257 e. The molecule has 162 valence electrons. The molecule has 1 aliphatic rings. The van der Waals surface area contributed by atoms with E-state index in [9.17, 15) is 9.59 Å². The number of anilines is 1. The van der Waals surface area contributed by atoms with E-state index in [1.54, 1.807) is 11.3 Å². The van der Waals surface area contributed by atoms with E-state index in [0.29, 0.717) is 43.3 Å². The number of nitrogens with one attached hydrogen (secondary N) is 1. The lowest BCUT2D eigenvalue weighted by atomic mass is 10.1. The van der Waals surface area contributed by atoms with Crippen molar-refractivity contribution in [2.45, 2.75) is 26.2 Å². The lowest BCUT2D eigenvalue weighted by Crippen LogP contribution is -2.41. The lowest BCUT2D eigenvalue weighted by Gasteiger charge is -2.27. The molecule has 1 fully saturated rings. The van der Waals surface area contributed by atoms with Gasteiger partial charge in [-0.05, 0) is 42.3 Å². The monoisotopic (exact) mass is 454 g/mol. The van der Waals surface area contributed by atoms with Gasteiger partial charge in [-0.1, -0.05) is 36.4 Å². The molecule has 2 aromatic heterocycles. The standard InChI is InChI=1S/C24H26N2O3S2/c1-17-21(24(28)26-12-14-29-15-13-26)23(31-22(17)18-7-3-2-4-8-18)25-20(27)11-5-9-19-10-6-16-30-19/h2-4,6-8,10,16H,5,9,11-15H2,1H3,(H,25,27). The van der Waals surface area contributed by atoms with Crippen LogP contribution in [0.25, 0.3) is 10.4 Å². The summed E-state index contributed by atoms with van der Waals surface area (Å²) in [6, 6.07) is 14.1. The van der Waals surface area contributed by atoms with Crippen molar-refractivity contribution in [2.75, 3.05) is 31.6 Å². The lowest BCUT2D eigenvalue weighted by molar-refractivity contribution is -0.116. The van der Waals surface area contributed by atoms with Gasteiger partial charge >= 0.3 is 0 Å². The summed E-state index contributed by atoms with van der Waals surface area (Å²) in [4.78, 5) is 30.2. The van der Waals surface area contributed by atoms with Crippen molar-refractivity contribution in [2.24, 2.45) is 0 Å². The minimum Gasteiger partial charge on any atom is -0.378 e. The highest BCUT2D eigenvalue weighted by Crippen LogP contribution is 2.40. The first-order valence-electron chi connectivity index (χ1n) is 10.5. The summed E-state index contributed by atoms with van der Waals surface area (Å²) >= 11 is 3.20. The molecule has 7 heteroatoms. The fourth-order valence-electron chi connectivity index (χ4n) is 3.72. The van der Waals surface area contributed by atoms with Gasteiger partial charge in [0, 0.05) is 29.3 Å². The largest absolute Gasteiger partial charge is 0.378 e. The van der Waals surface area contributed by atoms with Gasteiger partial charge in [0.25, 0.3) is 5.91 Å². The smallest absolute Gasteiger partial charge is 0.257 e. The minimum absolute atomic E-state index is 0.0342. The van der Waals surface area contributed by atoms with Crippen molar-refractivity contribution in [1.82, 2.24) is 4.90 Å². The summed E-state index contributed by atoms with van der Waals surface area (Å²) < 4.78 is 5.40. The van der Waals surface area contributed by atoms with Crippen LogP contribution in [0.2, 0.25) is 0 Å². The van der Waals surface area contributed by atoms with Crippen LogP contribution in [0.1, 0.15) is 33.6 Å². The molecule has 0 saturated carbocycles. The van der Waals surface area contributed by atoms with Gasteiger partial charge in [0.05, 0.1) is 18.8 Å². The Labute approximate surface area is 190 Å². The van der Waals surface area contributed by atoms with Crippen LogP contribution >= 0.6 is 22.7 Å². The molecule has 0 bridgehead atoms. The number of amides is 2. The number of benzene rings is 1. The van der Waals surface area contributed by atoms with Gasteiger partial charge in [-0.25, -0.2) is 0 Å². The number of carbonyl (C=O) groups is 2. The molecule has 1 aromatic carbocycles. The Balaban J connectivity index is 1.55. The first-order valence-corrected chi connectivity index (χ1v) is 12.2. The van der Waals surface area contributed by atoms with Crippen LogP contribution in [-0.2, 0) is 16.0 Å². The molecule has 0 unspecified atom stereocenters. The van der Waals surface area contributed by atoms with E-state index in [0.717, 1.165) is 28.8 Å². The molecule has 1 aliphatic heterocycles. The molecule has 1 N–H and O–H groups in total. The first-order chi connectivity index (χ1) is 15.1. The van der Waals surface area contributed by atoms with Gasteiger partial charge < -0.3 is 15.0 Å². The van der Waals surface area contributed by atoms with Crippen LogP contribution in [0, 0.1) is 6.92 Å². The van der Waals surface area contributed by atoms with Crippen LogP contribution in [-0.4, -0.2) is 43.0 Å². The normalized spacial score (nSPS) is 13.9. The van der Waals surface area contributed by atoms with Gasteiger partial charge in [-0.2, -0.15) is 0 Å². The van der Waals surface area contributed by atoms with E-state index in [1.165, 1.54) is 16.2 Å². The van der Waals surface area contributed by atoms with Gasteiger partial charge in [-0.15, -0.1) is 22.7 Å². The molecule has 0 aliphatic carbocycles. The molecule has 2 amide bonds. The van der Waals surface area contributed by atoms with E-state index in [4.69, 9.17) is 4.74 Å². The predicted octanol–water partition coefficient (Wildman–Crippen LogP) is 5.22. The molecule has 31 heavy (non-hydrogen) atoms. The number of hydrogen-bond acceptors (Lipinski definition) is 5. The maximum atomic E-state index is 13.4. The van der Waals surface area contributed by atoms with E-state index in [-0.39, 0.29) is 11.8 Å². The van der Waals surface area contributed by atoms with Crippen LogP contribution in [0.15, 0.2) is 47.8 Å². The minimum atomic E-state index is -0.0477. The highest BCUT2D eigenvalue weighted by Gasteiger charge is 2.27. The molecule has 4 rings (SSSR count). The highest BCUT2D eigenvalue weighted by molar-refractivity contribution is 7.20. The molecule has 5 nitrogen and oxygen atoms in total. The number of thiophene rings is 2. The SMILES string of the molecule is Cc1c(-c2ccccc2)sc(NC(=O)CCCc2cccs2)c1C(=O)N1CCOCC1. The van der Waals surface area contributed by atoms with Crippen LogP contribution in [0.5, 0.6) is 0 Å². The highest BCUT2D eigenvalue weighted by atomic mass is 32.1. The Kier molecular flexibility index (Phi) is 7.17. The zero-order chi connectivity index (χ0) is 21.6. The van der Waals surface area contributed by atoms with E-state index in [1.807, 2.05) is 48.2 Å². The predicted molar refractivity (Wildman–Crippen MR) is 127 cm³/mol. The molecule has 1 saturated heterocycles. The molecule has 3 aromatic rings. The fourth-order valence-corrected chi connectivity index (χ4v) is 5.69. The summed E-state index contributed by atoms with van der Waals surface area (Å²) in [5.74, 6) is -0.0819. The second-order valence-corrected chi connectivity index (χ2v) is 9.56. The average Bonchev–Trinajstić information content (AvgIpc) is 3.42. The summed E-state index contributed by atoms with van der Waals surface area (Å²) in [6.45, 7) is 4.21. The quantitative estimate of drug-likeness (QED) is 0.533. The molecule has 0 atom stereocenters. The second-order valence-electron chi connectivity index (χ2n) is 7.51. The number of aryl methyl sites for hydroxylation is 1. The number of carbonyl (C=O) groups excluding carboxylic acids is 2. The summed E-state index contributed by atoms with van der Waals surface area (Å²) in [7, 11) is 0. The van der Waals surface area contributed by atoms with Crippen molar-refractivity contribution >= 4 is 39.5 Å². The van der Waals surface area contributed by atoms with Crippen molar-refractivity contribution in [3.05, 3.63) is 63.8 Å². The molecule has 3 heterocycles.